The van der Waals surface area contributed by atoms with E-state index in [2.05, 4.69) is 15.4 Å². The van der Waals surface area contributed by atoms with Crippen molar-refractivity contribution in [3.8, 4) is 0 Å². The molecule has 3 aromatic rings. The minimum absolute atomic E-state index is 0.295. The third-order valence-electron chi connectivity index (χ3n) is 3.83. The van der Waals surface area contributed by atoms with Gasteiger partial charge >= 0.3 is 0 Å². The van der Waals surface area contributed by atoms with E-state index in [0.717, 1.165) is 16.8 Å². The quantitative estimate of drug-likeness (QED) is 0.676. The topological polar surface area (TPSA) is 88.7 Å². The number of benzene rings is 1. The predicted molar refractivity (Wildman–Crippen MR) is 92.1 cm³/mol. The Kier molecular flexibility index (Phi) is 4.06. The molecular formula is C15H15Cl2N5O. The molecule has 0 fully saturated rings. The third-order valence-corrected chi connectivity index (χ3v) is 4.65. The summed E-state index contributed by atoms with van der Waals surface area (Å²) in [5.41, 5.74) is 8.56. The van der Waals surface area contributed by atoms with Gasteiger partial charge in [0.1, 0.15) is 5.69 Å². The number of carbonyl (C=O) groups excluding carboxylic acids is 1. The molecule has 23 heavy (non-hydrogen) atoms. The molecule has 1 amide bonds. The molecule has 0 aliphatic rings. The number of nitrogens with one attached hydrogen (secondary N) is 2. The van der Waals surface area contributed by atoms with E-state index in [1.165, 1.54) is 0 Å². The number of carbonyl (C=O) groups is 1. The lowest BCUT2D eigenvalue weighted by Crippen LogP contribution is -2.14. The lowest BCUT2D eigenvalue weighted by molar-refractivity contribution is 0.102. The average molecular weight is 352 g/mol. The zero-order valence-electron chi connectivity index (χ0n) is 12.6. The molecule has 0 aliphatic heterocycles. The Morgan fingerprint density at radius 3 is 2.87 bits per heavy atom. The average Bonchev–Trinajstić information content (AvgIpc) is 3.06. The van der Waals surface area contributed by atoms with Gasteiger partial charge in [0, 0.05) is 35.8 Å². The Labute approximate surface area is 142 Å². The van der Waals surface area contributed by atoms with Gasteiger partial charge in [-0.3, -0.25) is 9.48 Å². The van der Waals surface area contributed by atoms with E-state index in [4.69, 9.17) is 28.9 Å². The fourth-order valence-corrected chi connectivity index (χ4v) is 2.82. The molecule has 0 radical (unpaired) electrons. The number of H-pyrrole nitrogens is 1. The van der Waals surface area contributed by atoms with Crippen molar-refractivity contribution in [2.45, 2.75) is 13.5 Å². The number of aromatic amines is 1. The summed E-state index contributed by atoms with van der Waals surface area (Å²) in [5, 5.41) is 8.60. The maximum absolute atomic E-state index is 12.5. The van der Waals surface area contributed by atoms with Crippen molar-refractivity contribution in [3.05, 3.63) is 45.2 Å². The summed E-state index contributed by atoms with van der Waals surface area (Å²) in [4.78, 5) is 15.5. The van der Waals surface area contributed by atoms with Gasteiger partial charge in [-0.05, 0) is 25.1 Å². The number of nitrogens with two attached hydrogens (primary N) is 1. The van der Waals surface area contributed by atoms with Crippen LogP contribution >= 0.6 is 23.2 Å². The molecule has 0 bridgehead atoms. The summed E-state index contributed by atoms with van der Waals surface area (Å²) >= 11 is 12.2. The molecule has 0 atom stereocenters. The summed E-state index contributed by atoms with van der Waals surface area (Å²) in [6.45, 7) is 2.19. The van der Waals surface area contributed by atoms with E-state index in [9.17, 15) is 4.79 Å². The molecule has 0 saturated heterocycles. The van der Waals surface area contributed by atoms with Crippen LogP contribution < -0.4 is 11.1 Å². The Morgan fingerprint density at radius 2 is 2.17 bits per heavy atom. The Hall–Kier alpha value is -2.02. The van der Waals surface area contributed by atoms with Crippen molar-refractivity contribution in [1.82, 2.24) is 14.8 Å². The maximum Gasteiger partial charge on any atom is 0.273 e. The normalized spacial score (nSPS) is 11.2. The zero-order chi connectivity index (χ0) is 16.7. The molecule has 6 nitrogen and oxygen atoms in total. The lowest BCUT2D eigenvalue weighted by Gasteiger charge is -2.02. The molecule has 0 saturated carbocycles. The van der Waals surface area contributed by atoms with Crippen molar-refractivity contribution in [2.24, 2.45) is 12.8 Å². The molecular weight excluding hydrogens is 337 g/mol. The Balaban J connectivity index is 1.95. The first-order valence-corrected chi connectivity index (χ1v) is 7.68. The predicted octanol–water partition coefficient (Wildman–Crippen LogP) is 3.23. The number of nitrogens with zero attached hydrogens (tertiary/aromatic N) is 2. The second-order valence-corrected chi connectivity index (χ2v) is 5.99. The molecule has 2 heterocycles. The monoisotopic (exact) mass is 351 g/mol. The van der Waals surface area contributed by atoms with Gasteiger partial charge in [0.25, 0.3) is 5.91 Å². The first-order valence-electron chi connectivity index (χ1n) is 6.93. The van der Waals surface area contributed by atoms with Crippen LogP contribution in [0.2, 0.25) is 10.0 Å². The molecule has 1 aromatic carbocycles. The number of aryl methyl sites for hydroxylation is 1. The van der Waals surface area contributed by atoms with Crippen LogP contribution in [0.1, 0.15) is 21.7 Å². The fourth-order valence-electron chi connectivity index (χ4n) is 2.44. The fraction of sp³-hybridized carbons (Fsp3) is 0.200. The smallest absolute Gasteiger partial charge is 0.273 e. The van der Waals surface area contributed by atoms with Crippen molar-refractivity contribution < 1.29 is 4.79 Å². The van der Waals surface area contributed by atoms with Crippen LogP contribution in [0.3, 0.4) is 0 Å². The second-order valence-electron chi connectivity index (χ2n) is 5.20. The molecule has 4 N–H and O–H groups in total. The number of hydrogen-bond acceptors (Lipinski definition) is 3. The molecule has 2 aromatic heterocycles. The largest absolute Gasteiger partial charge is 0.350 e. The van der Waals surface area contributed by atoms with E-state index in [1.54, 1.807) is 29.9 Å². The molecule has 3 rings (SSSR count). The number of aromatic nitrogens is 3. The maximum atomic E-state index is 12.5. The molecule has 8 heteroatoms. The zero-order valence-corrected chi connectivity index (χ0v) is 14.1. The summed E-state index contributed by atoms with van der Waals surface area (Å²) < 4.78 is 1.68. The number of fused-ring (bicyclic) bond motifs is 1. The van der Waals surface area contributed by atoms with Gasteiger partial charge in [-0.25, -0.2) is 0 Å². The highest BCUT2D eigenvalue weighted by Crippen LogP contribution is 2.31. The van der Waals surface area contributed by atoms with Crippen LogP contribution in [-0.4, -0.2) is 20.7 Å². The third kappa shape index (κ3) is 2.69. The van der Waals surface area contributed by atoms with Crippen LogP contribution in [0.5, 0.6) is 0 Å². The number of rotatable bonds is 3. The van der Waals surface area contributed by atoms with Crippen LogP contribution in [0, 0.1) is 6.92 Å². The van der Waals surface area contributed by atoms with Crippen molar-refractivity contribution in [1.29, 1.82) is 0 Å². The summed E-state index contributed by atoms with van der Waals surface area (Å²) in [7, 11) is 1.80. The van der Waals surface area contributed by atoms with E-state index >= 15 is 0 Å². The molecule has 0 spiro atoms. The standard InChI is InChI=1S/C15H15Cl2N5O/c1-7-9(6-18)14(21-22(7)2)20-15(23)12-5-8-11(19-12)4-3-10(16)13(8)17/h3-5,19H,6,18H2,1-2H3,(H,20,21,23). The van der Waals surface area contributed by atoms with Gasteiger partial charge < -0.3 is 16.0 Å². The summed E-state index contributed by atoms with van der Waals surface area (Å²) in [6.07, 6.45) is 0. The van der Waals surface area contributed by atoms with Crippen LogP contribution in [0.25, 0.3) is 10.9 Å². The van der Waals surface area contributed by atoms with Crippen molar-refractivity contribution >= 4 is 45.8 Å². The Morgan fingerprint density at radius 1 is 1.43 bits per heavy atom. The molecule has 0 aliphatic carbocycles. The van der Waals surface area contributed by atoms with Gasteiger partial charge in [0.2, 0.25) is 0 Å². The SMILES string of the molecule is Cc1c(CN)c(NC(=O)c2cc3c(Cl)c(Cl)ccc3[nH]2)nn1C. The lowest BCUT2D eigenvalue weighted by atomic mass is 10.2. The van der Waals surface area contributed by atoms with E-state index in [0.29, 0.717) is 33.5 Å². The summed E-state index contributed by atoms with van der Waals surface area (Å²) in [6, 6.07) is 5.12. The highest BCUT2D eigenvalue weighted by Gasteiger charge is 2.17. The van der Waals surface area contributed by atoms with E-state index in [-0.39, 0.29) is 5.91 Å². The van der Waals surface area contributed by atoms with Crippen LogP contribution in [0.4, 0.5) is 5.82 Å². The first-order chi connectivity index (χ1) is 10.9. The molecule has 120 valence electrons. The number of amides is 1. The van der Waals surface area contributed by atoms with Gasteiger partial charge in [0.15, 0.2) is 5.82 Å². The van der Waals surface area contributed by atoms with Crippen molar-refractivity contribution in [3.63, 3.8) is 0 Å². The number of halogens is 2. The number of hydrogen-bond donors (Lipinski definition) is 3. The van der Waals surface area contributed by atoms with Crippen LogP contribution in [-0.2, 0) is 13.6 Å². The van der Waals surface area contributed by atoms with Gasteiger partial charge in [0.05, 0.1) is 10.0 Å². The van der Waals surface area contributed by atoms with Gasteiger partial charge in [-0.1, -0.05) is 23.2 Å². The minimum Gasteiger partial charge on any atom is -0.350 e. The van der Waals surface area contributed by atoms with E-state index in [1.807, 2.05) is 6.92 Å². The summed E-state index contributed by atoms with van der Waals surface area (Å²) in [5.74, 6) is 0.140. The minimum atomic E-state index is -0.318. The van der Waals surface area contributed by atoms with Gasteiger partial charge in [-0.2, -0.15) is 5.10 Å². The van der Waals surface area contributed by atoms with Crippen LogP contribution in [0.15, 0.2) is 18.2 Å². The van der Waals surface area contributed by atoms with E-state index < -0.39 is 0 Å². The number of anilines is 1. The highest BCUT2D eigenvalue weighted by molar-refractivity contribution is 6.45. The second kappa shape index (κ2) is 5.88. The van der Waals surface area contributed by atoms with Crippen molar-refractivity contribution in [2.75, 3.05) is 5.32 Å². The molecule has 0 unspecified atom stereocenters. The highest BCUT2D eigenvalue weighted by atomic mass is 35.5. The first kappa shape index (κ1) is 15.9. The Bertz CT molecular complexity index is 912. The van der Waals surface area contributed by atoms with Gasteiger partial charge in [-0.15, -0.1) is 0 Å².